The number of rotatable bonds is 10. The largest absolute Gasteiger partial charge is 0.379 e. The first-order chi connectivity index (χ1) is 12.5. The van der Waals surface area contributed by atoms with Gasteiger partial charge in [-0.15, -0.1) is 0 Å². The number of nitrogens with two attached hydrogens (primary N) is 1. The first-order valence-corrected chi connectivity index (χ1v) is 9.03. The molecule has 0 heterocycles. The number of guanidine groups is 1. The SMILES string of the molecule is CN=C(NCC(Cc1ccc(F)cc1)C(N)=O)N(C)CCOCC1CC1. The fourth-order valence-corrected chi connectivity index (χ4v) is 2.62. The summed E-state index contributed by atoms with van der Waals surface area (Å²) in [6, 6.07) is 6.11. The lowest BCUT2D eigenvalue weighted by atomic mass is 9.98. The molecule has 1 amide bonds. The molecule has 2 rings (SSSR count). The summed E-state index contributed by atoms with van der Waals surface area (Å²) in [4.78, 5) is 18.0. The van der Waals surface area contributed by atoms with Gasteiger partial charge in [0.1, 0.15) is 5.82 Å². The van der Waals surface area contributed by atoms with E-state index in [1.54, 1.807) is 19.2 Å². The van der Waals surface area contributed by atoms with Crippen LogP contribution in [0.2, 0.25) is 0 Å². The maximum Gasteiger partial charge on any atom is 0.222 e. The molecule has 1 aromatic carbocycles. The van der Waals surface area contributed by atoms with Gasteiger partial charge in [0, 0.05) is 33.8 Å². The Hall–Kier alpha value is -2.15. The van der Waals surface area contributed by atoms with Crippen LogP contribution in [-0.2, 0) is 16.0 Å². The van der Waals surface area contributed by atoms with E-state index in [1.165, 1.54) is 25.0 Å². The van der Waals surface area contributed by atoms with Gasteiger partial charge in [0.2, 0.25) is 5.91 Å². The molecular formula is C19H29FN4O2. The molecule has 1 saturated carbocycles. The molecule has 0 bridgehead atoms. The van der Waals surface area contributed by atoms with Gasteiger partial charge in [0.15, 0.2) is 5.96 Å². The van der Waals surface area contributed by atoms with Crippen LogP contribution < -0.4 is 11.1 Å². The predicted octanol–water partition coefficient (Wildman–Crippen LogP) is 1.40. The molecule has 1 atom stereocenters. The van der Waals surface area contributed by atoms with Gasteiger partial charge < -0.3 is 20.7 Å². The molecule has 1 fully saturated rings. The van der Waals surface area contributed by atoms with Gasteiger partial charge in [-0.3, -0.25) is 9.79 Å². The Morgan fingerprint density at radius 3 is 2.69 bits per heavy atom. The van der Waals surface area contributed by atoms with Crippen molar-refractivity contribution in [2.24, 2.45) is 22.6 Å². The standard InChI is InChI=1S/C19H29FN4O2/c1-22-19(24(2)9-10-26-13-15-3-4-15)23-12-16(18(21)25)11-14-5-7-17(20)8-6-14/h5-8,15-16H,3-4,9-13H2,1-2H3,(H2,21,25)(H,22,23). The van der Waals surface area contributed by atoms with Crippen molar-refractivity contribution < 1.29 is 13.9 Å². The van der Waals surface area contributed by atoms with Crippen LogP contribution in [-0.4, -0.2) is 57.2 Å². The molecule has 0 aromatic heterocycles. The molecule has 1 unspecified atom stereocenters. The number of hydrogen-bond donors (Lipinski definition) is 2. The lowest BCUT2D eigenvalue weighted by Crippen LogP contribution is -2.44. The highest BCUT2D eigenvalue weighted by Gasteiger charge is 2.21. The third-order valence-corrected chi connectivity index (χ3v) is 4.50. The summed E-state index contributed by atoms with van der Waals surface area (Å²) in [7, 11) is 3.62. The Balaban J connectivity index is 1.78. The van der Waals surface area contributed by atoms with E-state index in [2.05, 4.69) is 10.3 Å². The van der Waals surface area contributed by atoms with Crippen molar-refractivity contribution in [2.45, 2.75) is 19.3 Å². The van der Waals surface area contributed by atoms with E-state index < -0.39 is 11.8 Å². The number of nitrogens with one attached hydrogen (secondary N) is 1. The third-order valence-electron chi connectivity index (χ3n) is 4.50. The van der Waals surface area contributed by atoms with Crippen molar-refractivity contribution in [1.29, 1.82) is 0 Å². The molecule has 144 valence electrons. The van der Waals surface area contributed by atoms with E-state index in [0.717, 1.165) is 18.1 Å². The van der Waals surface area contributed by atoms with Crippen LogP contribution in [0.1, 0.15) is 18.4 Å². The topological polar surface area (TPSA) is 79.9 Å². The minimum Gasteiger partial charge on any atom is -0.379 e. The van der Waals surface area contributed by atoms with Crippen LogP contribution in [0.5, 0.6) is 0 Å². The quantitative estimate of drug-likeness (QED) is 0.374. The Bertz CT molecular complexity index is 602. The highest BCUT2D eigenvalue weighted by Crippen LogP contribution is 2.28. The number of amides is 1. The van der Waals surface area contributed by atoms with Gasteiger partial charge in [0.25, 0.3) is 0 Å². The average Bonchev–Trinajstić information content (AvgIpc) is 3.44. The van der Waals surface area contributed by atoms with Crippen LogP contribution in [0.15, 0.2) is 29.3 Å². The average molecular weight is 364 g/mol. The summed E-state index contributed by atoms with van der Waals surface area (Å²) >= 11 is 0. The molecule has 7 heteroatoms. The zero-order valence-corrected chi connectivity index (χ0v) is 15.6. The second kappa shape index (κ2) is 10.1. The Labute approximate surface area is 154 Å². The number of aliphatic imine (C=N–C) groups is 1. The van der Waals surface area contributed by atoms with Gasteiger partial charge in [0.05, 0.1) is 12.5 Å². The Morgan fingerprint density at radius 2 is 2.12 bits per heavy atom. The third kappa shape index (κ3) is 7.00. The highest BCUT2D eigenvalue weighted by molar-refractivity contribution is 5.81. The van der Waals surface area contributed by atoms with Gasteiger partial charge in [-0.25, -0.2) is 4.39 Å². The normalized spacial score (nSPS) is 15.6. The van der Waals surface area contributed by atoms with Crippen molar-refractivity contribution in [3.05, 3.63) is 35.6 Å². The molecule has 0 spiro atoms. The summed E-state index contributed by atoms with van der Waals surface area (Å²) < 4.78 is 18.7. The number of likely N-dealkylation sites (N-methyl/N-ethyl adjacent to an activating group) is 1. The molecule has 6 nitrogen and oxygen atoms in total. The molecule has 1 aliphatic carbocycles. The highest BCUT2D eigenvalue weighted by atomic mass is 19.1. The van der Waals surface area contributed by atoms with E-state index in [4.69, 9.17) is 10.5 Å². The van der Waals surface area contributed by atoms with Crippen molar-refractivity contribution in [3.8, 4) is 0 Å². The lowest BCUT2D eigenvalue weighted by molar-refractivity contribution is -0.121. The van der Waals surface area contributed by atoms with Crippen molar-refractivity contribution in [1.82, 2.24) is 10.2 Å². The Morgan fingerprint density at radius 1 is 1.42 bits per heavy atom. The number of carbonyl (C=O) groups is 1. The maximum absolute atomic E-state index is 13.0. The second-order valence-corrected chi connectivity index (χ2v) is 6.80. The molecule has 0 radical (unpaired) electrons. The Kier molecular flexibility index (Phi) is 7.84. The number of ether oxygens (including phenoxy) is 1. The maximum atomic E-state index is 13.0. The van der Waals surface area contributed by atoms with E-state index in [9.17, 15) is 9.18 Å². The molecule has 3 N–H and O–H groups in total. The van der Waals surface area contributed by atoms with Crippen LogP contribution in [0.4, 0.5) is 4.39 Å². The van der Waals surface area contributed by atoms with Crippen LogP contribution in [0.3, 0.4) is 0 Å². The van der Waals surface area contributed by atoms with Gasteiger partial charge in [-0.05, 0) is 42.9 Å². The molecule has 1 aliphatic rings. The van der Waals surface area contributed by atoms with Gasteiger partial charge in [-0.2, -0.15) is 0 Å². The summed E-state index contributed by atoms with van der Waals surface area (Å²) in [5.74, 6) is 0.337. The van der Waals surface area contributed by atoms with Crippen LogP contribution >= 0.6 is 0 Å². The van der Waals surface area contributed by atoms with Crippen molar-refractivity contribution in [2.75, 3.05) is 40.4 Å². The number of primary amides is 1. The zero-order valence-electron chi connectivity index (χ0n) is 15.6. The number of benzene rings is 1. The van der Waals surface area contributed by atoms with Gasteiger partial charge >= 0.3 is 0 Å². The smallest absolute Gasteiger partial charge is 0.222 e. The minimum absolute atomic E-state index is 0.298. The summed E-state index contributed by atoms with van der Waals surface area (Å²) in [5, 5.41) is 3.19. The van der Waals surface area contributed by atoms with Crippen LogP contribution in [0, 0.1) is 17.7 Å². The summed E-state index contributed by atoms with van der Waals surface area (Å²) in [6.07, 6.45) is 3.01. The number of nitrogens with zero attached hydrogens (tertiary/aromatic N) is 2. The zero-order chi connectivity index (χ0) is 18.9. The van der Waals surface area contributed by atoms with E-state index >= 15 is 0 Å². The van der Waals surface area contributed by atoms with Gasteiger partial charge in [-0.1, -0.05) is 12.1 Å². The molecule has 1 aromatic rings. The van der Waals surface area contributed by atoms with E-state index in [1.807, 2.05) is 11.9 Å². The predicted molar refractivity (Wildman–Crippen MR) is 100 cm³/mol. The summed E-state index contributed by atoms with van der Waals surface area (Å²) in [5.41, 5.74) is 6.39. The first-order valence-electron chi connectivity index (χ1n) is 9.03. The van der Waals surface area contributed by atoms with E-state index in [-0.39, 0.29) is 5.82 Å². The molecule has 0 saturated heterocycles. The van der Waals surface area contributed by atoms with E-state index in [0.29, 0.717) is 32.1 Å². The lowest BCUT2D eigenvalue weighted by Gasteiger charge is -2.24. The van der Waals surface area contributed by atoms with Crippen LogP contribution in [0.25, 0.3) is 0 Å². The fraction of sp³-hybridized carbons (Fsp3) is 0.579. The molecular weight excluding hydrogens is 335 g/mol. The minimum atomic E-state index is -0.406. The number of halogens is 1. The molecule has 26 heavy (non-hydrogen) atoms. The monoisotopic (exact) mass is 364 g/mol. The first kappa shape index (κ1) is 20.2. The molecule has 0 aliphatic heterocycles. The number of carbonyl (C=O) groups excluding carboxylic acids is 1. The van der Waals surface area contributed by atoms with Crippen molar-refractivity contribution in [3.63, 3.8) is 0 Å². The fourth-order valence-electron chi connectivity index (χ4n) is 2.62. The second-order valence-electron chi connectivity index (χ2n) is 6.80. The number of hydrogen-bond acceptors (Lipinski definition) is 3. The summed E-state index contributed by atoms with van der Waals surface area (Å²) in [6.45, 7) is 2.56. The van der Waals surface area contributed by atoms with Crippen molar-refractivity contribution >= 4 is 11.9 Å².